The molecule has 0 heterocycles. The van der Waals surface area contributed by atoms with E-state index < -0.39 is 0 Å². The van der Waals surface area contributed by atoms with Gasteiger partial charge >= 0.3 is 0 Å². The summed E-state index contributed by atoms with van der Waals surface area (Å²) < 4.78 is 10.1. The largest absolute Gasteiger partial charge is 0.382 e. The van der Waals surface area contributed by atoms with E-state index in [0.29, 0.717) is 13.2 Å². The van der Waals surface area contributed by atoms with E-state index in [0.717, 1.165) is 38.4 Å². The quantitative estimate of drug-likeness (QED) is 0.434. The minimum absolute atomic E-state index is 0.673. The number of ether oxygens (including phenoxy) is 2. The lowest BCUT2D eigenvalue weighted by molar-refractivity contribution is 0.0720. The van der Waals surface area contributed by atoms with E-state index in [1.54, 1.807) is 7.11 Å². The Bertz CT molecular complexity index is 83.7. The lowest BCUT2D eigenvalue weighted by Gasteiger charge is -2.04. The highest BCUT2D eigenvalue weighted by Crippen LogP contribution is 1.88. The molecule has 0 amide bonds. The molecule has 0 spiro atoms. The minimum Gasteiger partial charge on any atom is -0.382 e. The highest BCUT2D eigenvalue weighted by atomic mass is 35.5. The first-order valence-corrected chi connectivity index (χ1v) is 5.28. The molecule has 0 aliphatic rings. The van der Waals surface area contributed by atoms with E-state index in [9.17, 15) is 0 Å². The van der Waals surface area contributed by atoms with Crippen molar-refractivity contribution in [2.24, 2.45) is 0 Å². The number of hydrogen-bond donors (Lipinski definition) is 1. The fourth-order valence-corrected chi connectivity index (χ4v) is 1.05. The molecule has 1 N–H and O–H groups in total. The summed E-state index contributed by atoms with van der Waals surface area (Å²) in [6, 6.07) is 0. The number of alkyl halides is 1. The smallest absolute Gasteiger partial charge is 0.0700 e. The van der Waals surface area contributed by atoms with Crippen molar-refractivity contribution >= 4 is 11.6 Å². The molecule has 0 saturated heterocycles. The van der Waals surface area contributed by atoms with E-state index in [-0.39, 0.29) is 0 Å². The fraction of sp³-hybridized carbons (Fsp3) is 1.00. The summed E-state index contributed by atoms with van der Waals surface area (Å²) in [5, 5.41) is 3.27. The maximum atomic E-state index is 5.53. The van der Waals surface area contributed by atoms with Crippen LogP contribution in [0.4, 0.5) is 0 Å². The van der Waals surface area contributed by atoms with Crippen molar-refractivity contribution in [3.8, 4) is 0 Å². The van der Waals surface area contributed by atoms with Crippen LogP contribution in [0.25, 0.3) is 0 Å². The van der Waals surface area contributed by atoms with Gasteiger partial charge < -0.3 is 14.8 Å². The molecule has 0 bridgehead atoms. The van der Waals surface area contributed by atoms with E-state index >= 15 is 0 Å². The number of methoxy groups -OCH3 is 1. The SMILES string of the molecule is COCCOCCNCCCCCl. The number of nitrogens with one attached hydrogen (secondary N) is 1. The fourth-order valence-electron chi connectivity index (χ4n) is 0.858. The minimum atomic E-state index is 0.673. The Hall–Kier alpha value is 0.170. The maximum Gasteiger partial charge on any atom is 0.0700 e. The van der Waals surface area contributed by atoms with Gasteiger partial charge in [0.15, 0.2) is 0 Å². The molecule has 0 fully saturated rings. The molecule has 0 aliphatic carbocycles. The van der Waals surface area contributed by atoms with Gasteiger partial charge in [0.2, 0.25) is 0 Å². The summed E-state index contributed by atoms with van der Waals surface area (Å²) >= 11 is 5.53. The van der Waals surface area contributed by atoms with Gasteiger partial charge in [0.25, 0.3) is 0 Å². The van der Waals surface area contributed by atoms with Gasteiger partial charge in [-0.15, -0.1) is 11.6 Å². The van der Waals surface area contributed by atoms with Crippen LogP contribution in [0, 0.1) is 0 Å². The van der Waals surface area contributed by atoms with Gasteiger partial charge in [-0.2, -0.15) is 0 Å². The van der Waals surface area contributed by atoms with Gasteiger partial charge in [0.1, 0.15) is 0 Å². The van der Waals surface area contributed by atoms with E-state index in [1.165, 1.54) is 0 Å². The van der Waals surface area contributed by atoms with Crippen LogP contribution in [0.2, 0.25) is 0 Å². The lowest BCUT2D eigenvalue weighted by atomic mass is 10.3. The zero-order valence-electron chi connectivity index (χ0n) is 8.35. The molecule has 0 atom stereocenters. The third-order valence-electron chi connectivity index (χ3n) is 1.59. The molecule has 0 unspecified atom stereocenters. The average Bonchev–Trinajstić information content (AvgIpc) is 2.16. The van der Waals surface area contributed by atoms with Crippen molar-refractivity contribution in [2.45, 2.75) is 12.8 Å². The second kappa shape index (κ2) is 12.2. The van der Waals surface area contributed by atoms with Crippen LogP contribution >= 0.6 is 11.6 Å². The summed E-state index contributed by atoms with van der Waals surface area (Å²) in [4.78, 5) is 0. The van der Waals surface area contributed by atoms with Crippen LogP contribution in [0.15, 0.2) is 0 Å². The van der Waals surface area contributed by atoms with Crippen LogP contribution in [0.3, 0.4) is 0 Å². The number of rotatable bonds is 10. The van der Waals surface area contributed by atoms with E-state index in [1.807, 2.05) is 0 Å². The third kappa shape index (κ3) is 12.2. The Kier molecular flexibility index (Phi) is 12.3. The van der Waals surface area contributed by atoms with Crippen molar-refractivity contribution in [3.63, 3.8) is 0 Å². The van der Waals surface area contributed by atoms with E-state index in [4.69, 9.17) is 21.1 Å². The van der Waals surface area contributed by atoms with Gasteiger partial charge in [-0.05, 0) is 19.4 Å². The van der Waals surface area contributed by atoms with Crippen LogP contribution in [0.5, 0.6) is 0 Å². The Labute approximate surface area is 85.7 Å². The molecule has 0 aliphatic heterocycles. The van der Waals surface area contributed by atoms with Crippen molar-refractivity contribution in [2.75, 3.05) is 45.9 Å². The van der Waals surface area contributed by atoms with Crippen molar-refractivity contribution in [1.82, 2.24) is 5.32 Å². The van der Waals surface area contributed by atoms with Crippen LogP contribution in [0.1, 0.15) is 12.8 Å². The zero-order chi connectivity index (χ0) is 9.78. The second-order valence-corrected chi connectivity index (χ2v) is 3.13. The van der Waals surface area contributed by atoms with Gasteiger partial charge in [0.05, 0.1) is 19.8 Å². The molecule has 4 heteroatoms. The Morgan fingerprint density at radius 2 is 1.92 bits per heavy atom. The molecule has 0 rings (SSSR count). The number of hydrogen-bond acceptors (Lipinski definition) is 3. The van der Waals surface area contributed by atoms with Gasteiger partial charge in [-0.1, -0.05) is 0 Å². The molecule has 13 heavy (non-hydrogen) atoms. The lowest BCUT2D eigenvalue weighted by Crippen LogP contribution is -2.21. The highest BCUT2D eigenvalue weighted by Gasteiger charge is 1.89. The maximum absolute atomic E-state index is 5.53. The van der Waals surface area contributed by atoms with Crippen molar-refractivity contribution in [1.29, 1.82) is 0 Å². The topological polar surface area (TPSA) is 30.5 Å². The van der Waals surface area contributed by atoms with E-state index in [2.05, 4.69) is 5.32 Å². The van der Waals surface area contributed by atoms with Crippen molar-refractivity contribution in [3.05, 3.63) is 0 Å². The molecule has 0 aromatic carbocycles. The number of halogens is 1. The molecule has 0 aromatic heterocycles. The first-order chi connectivity index (χ1) is 6.41. The monoisotopic (exact) mass is 209 g/mol. The molecular weight excluding hydrogens is 190 g/mol. The molecule has 80 valence electrons. The first-order valence-electron chi connectivity index (χ1n) is 4.75. The van der Waals surface area contributed by atoms with Crippen LogP contribution in [-0.4, -0.2) is 45.9 Å². The van der Waals surface area contributed by atoms with Gasteiger partial charge in [-0.25, -0.2) is 0 Å². The second-order valence-electron chi connectivity index (χ2n) is 2.75. The van der Waals surface area contributed by atoms with Crippen molar-refractivity contribution < 1.29 is 9.47 Å². The Balaban J connectivity index is 2.76. The summed E-state index contributed by atoms with van der Waals surface area (Å²) in [6.45, 7) is 4.04. The molecular formula is C9H20ClNO2. The van der Waals surface area contributed by atoms with Gasteiger partial charge in [0, 0.05) is 19.5 Å². The third-order valence-corrected chi connectivity index (χ3v) is 1.86. The van der Waals surface area contributed by atoms with Gasteiger partial charge in [-0.3, -0.25) is 0 Å². The summed E-state index contributed by atoms with van der Waals surface area (Å²) in [6.07, 6.45) is 2.22. The standard InChI is InChI=1S/C9H20ClNO2/c1-12-8-9-13-7-6-11-5-3-2-4-10/h11H,2-9H2,1H3. The Morgan fingerprint density at radius 3 is 2.62 bits per heavy atom. The summed E-state index contributed by atoms with van der Waals surface area (Å²) in [5.74, 6) is 0.756. The normalized spacial score (nSPS) is 10.6. The Morgan fingerprint density at radius 1 is 1.08 bits per heavy atom. The summed E-state index contributed by atoms with van der Waals surface area (Å²) in [7, 11) is 1.67. The predicted molar refractivity (Wildman–Crippen MR) is 55.5 cm³/mol. The molecule has 0 radical (unpaired) electrons. The predicted octanol–water partition coefficient (Wildman–Crippen LogP) is 1.26. The molecule has 0 saturated carbocycles. The zero-order valence-corrected chi connectivity index (χ0v) is 9.11. The first kappa shape index (κ1) is 13.2. The van der Waals surface area contributed by atoms with Crippen LogP contribution < -0.4 is 5.32 Å². The summed E-state index contributed by atoms with van der Waals surface area (Å²) in [5.41, 5.74) is 0. The highest BCUT2D eigenvalue weighted by molar-refractivity contribution is 6.17. The molecule has 3 nitrogen and oxygen atoms in total. The van der Waals surface area contributed by atoms with Crippen LogP contribution in [-0.2, 0) is 9.47 Å². The molecule has 0 aromatic rings. The number of unbranched alkanes of at least 4 members (excludes halogenated alkanes) is 1. The average molecular weight is 210 g/mol.